The quantitative estimate of drug-likeness (QED) is 0.0557. The second-order valence-electron chi connectivity index (χ2n) is 11.8. The Labute approximate surface area is 285 Å². The molecule has 3 amide bonds. The number of hydrogen-bond acceptors (Lipinski definition) is 12. The van der Waals surface area contributed by atoms with Crippen molar-refractivity contribution >= 4 is 29.7 Å². The number of hydrogen-bond donors (Lipinski definition) is 3. The molecule has 0 radical (unpaired) electrons. The van der Waals surface area contributed by atoms with E-state index in [1.165, 1.54) is 19.1 Å². The molecule has 0 saturated carbocycles. The van der Waals surface area contributed by atoms with Crippen LogP contribution >= 0.6 is 0 Å². The predicted octanol–water partition coefficient (Wildman–Crippen LogP) is 0.292. The van der Waals surface area contributed by atoms with Crippen molar-refractivity contribution in [3.8, 4) is 12.3 Å². The second kappa shape index (κ2) is 28.7. The van der Waals surface area contributed by atoms with Gasteiger partial charge in [0.2, 0.25) is 17.7 Å². The molecule has 48 heavy (non-hydrogen) atoms. The van der Waals surface area contributed by atoms with Crippen molar-refractivity contribution in [3.63, 3.8) is 0 Å². The molecule has 0 aliphatic heterocycles. The maximum atomic E-state index is 13.0. The highest BCUT2D eigenvalue weighted by molar-refractivity contribution is 5.88. The van der Waals surface area contributed by atoms with Crippen LogP contribution in [0.15, 0.2) is 0 Å². The topological polar surface area (TPSA) is 180 Å². The van der Waals surface area contributed by atoms with Gasteiger partial charge in [0.25, 0.3) is 0 Å². The van der Waals surface area contributed by atoms with Crippen molar-refractivity contribution in [3.05, 3.63) is 0 Å². The number of nitrogens with zero attached hydrogens (tertiary/aromatic N) is 1. The average molecular weight is 687 g/mol. The van der Waals surface area contributed by atoms with E-state index in [1.807, 2.05) is 27.7 Å². The standard InChI is InChI=1S/C33H58N4O11/c1-8-14-45-16-18-47-20-21-48-19-17-46-15-13-34-29(38)22-37(23-30(39)35-27(32(41)43-6)11-9-25(2)3)24-31(40)36-28(33(42)44-7)12-10-26(4)5/h1,25-28H,9-24H2,2-7H3,(H,34,38)(H,35,39)(H,36,40)/t27-,28?/m1/s1. The van der Waals surface area contributed by atoms with E-state index >= 15 is 0 Å². The van der Waals surface area contributed by atoms with Crippen LogP contribution in [0.2, 0.25) is 0 Å². The lowest BCUT2D eigenvalue weighted by molar-refractivity contribution is -0.146. The molecule has 0 bridgehead atoms. The van der Waals surface area contributed by atoms with Gasteiger partial charge in [0, 0.05) is 6.54 Å². The molecule has 3 N–H and O–H groups in total. The Hall–Kier alpha value is -3.29. The van der Waals surface area contributed by atoms with Crippen molar-refractivity contribution in [2.75, 3.05) is 93.3 Å². The summed E-state index contributed by atoms with van der Waals surface area (Å²) in [6, 6.07) is -1.75. The summed E-state index contributed by atoms with van der Waals surface area (Å²) in [6.45, 7) is 9.90. The van der Waals surface area contributed by atoms with Gasteiger partial charge in [0.1, 0.15) is 18.7 Å². The lowest BCUT2D eigenvalue weighted by Gasteiger charge is -2.24. The molecule has 15 nitrogen and oxygen atoms in total. The van der Waals surface area contributed by atoms with Gasteiger partial charge in [0.05, 0.1) is 80.1 Å². The van der Waals surface area contributed by atoms with E-state index in [4.69, 9.17) is 34.8 Å². The number of carbonyl (C=O) groups excluding carboxylic acids is 5. The fraction of sp³-hybridized carbons (Fsp3) is 0.788. The lowest BCUT2D eigenvalue weighted by Crippen LogP contribution is -2.51. The number of ether oxygens (including phenoxy) is 6. The number of methoxy groups -OCH3 is 2. The first-order valence-corrected chi connectivity index (χ1v) is 16.4. The molecule has 0 spiro atoms. The highest BCUT2D eigenvalue weighted by atomic mass is 16.6. The van der Waals surface area contributed by atoms with Gasteiger partial charge in [-0.3, -0.25) is 19.3 Å². The van der Waals surface area contributed by atoms with E-state index in [0.29, 0.717) is 77.2 Å². The molecule has 0 aromatic rings. The van der Waals surface area contributed by atoms with Crippen LogP contribution in [-0.2, 0) is 52.4 Å². The third-order valence-corrected chi connectivity index (χ3v) is 6.68. The normalized spacial score (nSPS) is 12.3. The summed E-state index contributed by atoms with van der Waals surface area (Å²) in [7, 11) is 2.48. The third-order valence-electron chi connectivity index (χ3n) is 6.68. The van der Waals surface area contributed by atoms with Gasteiger partial charge in [0.15, 0.2) is 0 Å². The van der Waals surface area contributed by atoms with Gasteiger partial charge >= 0.3 is 11.9 Å². The molecule has 15 heteroatoms. The van der Waals surface area contributed by atoms with Crippen molar-refractivity contribution in [1.82, 2.24) is 20.9 Å². The van der Waals surface area contributed by atoms with Crippen molar-refractivity contribution in [2.45, 2.75) is 65.5 Å². The minimum absolute atomic E-state index is 0.186. The van der Waals surface area contributed by atoms with Crippen molar-refractivity contribution in [2.24, 2.45) is 11.8 Å². The zero-order valence-corrected chi connectivity index (χ0v) is 29.6. The number of nitrogens with one attached hydrogen (secondary N) is 3. The maximum Gasteiger partial charge on any atom is 0.328 e. The number of carbonyl (C=O) groups is 5. The Morgan fingerprint density at radius 3 is 1.40 bits per heavy atom. The number of amides is 3. The molecular weight excluding hydrogens is 628 g/mol. The molecule has 0 saturated heterocycles. The van der Waals surface area contributed by atoms with Crippen LogP contribution in [0.1, 0.15) is 53.4 Å². The summed E-state index contributed by atoms with van der Waals surface area (Å²) >= 11 is 0. The largest absolute Gasteiger partial charge is 0.467 e. The van der Waals surface area contributed by atoms with E-state index in [2.05, 4.69) is 21.9 Å². The van der Waals surface area contributed by atoms with Crippen LogP contribution in [0.3, 0.4) is 0 Å². The van der Waals surface area contributed by atoms with E-state index in [1.54, 1.807) is 0 Å². The van der Waals surface area contributed by atoms with E-state index in [-0.39, 0.29) is 39.4 Å². The highest BCUT2D eigenvalue weighted by Gasteiger charge is 2.26. The first-order chi connectivity index (χ1) is 22.9. The summed E-state index contributed by atoms with van der Waals surface area (Å²) < 4.78 is 31.0. The van der Waals surface area contributed by atoms with Gasteiger partial charge in [-0.05, 0) is 37.5 Å². The molecule has 276 valence electrons. The highest BCUT2D eigenvalue weighted by Crippen LogP contribution is 2.09. The minimum Gasteiger partial charge on any atom is -0.467 e. The molecule has 0 aliphatic carbocycles. The molecule has 0 aromatic heterocycles. The minimum atomic E-state index is -0.873. The fourth-order valence-corrected chi connectivity index (χ4v) is 4.15. The van der Waals surface area contributed by atoms with Crippen LogP contribution < -0.4 is 16.0 Å². The smallest absolute Gasteiger partial charge is 0.328 e. The summed E-state index contributed by atoms with van der Waals surface area (Å²) in [5.74, 6) is 0.209. The van der Waals surface area contributed by atoms with Crippen LogP contribution in [0.25, 0.3) is 0 Å². The molecule has 2 atom stereocenters. The van der Waals surface area contributed by atoms with Gasteiger partial charge in [-0.1, -0.05) is 33.6 Å². The van der Waals surface area contributed by atoms with Crippen molar-refractivity contribution < 1.29 is 52.4 Å². The summed E-state index contributed by atoms with van der Waals surface area (Å²) in [4.78, 5) is 64.6. The number of terminal acetylenes is 1. The van der Waals surface area contributed by atoms with Crippen LogP contribution in [0.4, 0.5) is 0 Å². The lowest BCUT2D eigenvalue weighted by atomic mass is 10.0. The average Bonchev–Trinajstić information content (AvgIpc) is 3.03. The van der Waals surface area contributed by atoms with E-state index in [0.717, 1.165) is 0 Å². The van der Waals surface area contributed by atoms with Gasteiger partial charge < -0.3 is 44.4 Å². The van der Waals surface area contributed by atoms with E-state index < -0.39 is 41.7 Å². The molecule has 0 fully saturated rings. The zero-order chi connectivity index (χ0) is 36.2. The molecule has 0 heterocycles. The van der Waals surface area contributed by atoms with Crippen LogP contribution in [0, 0.1) is 24.2 Å². The molecule has 0 rings (SSSR count). The monoisotopic (exact) mass is 686 g/mol. The Balaban J connectivity index is 4.99. The molecule has 1 unspecified atom stereocenters. The Kier molecular flexibility index (Phi) is 26.7. The molecular formula is C33H58N4O11. The zero-order valence-electron chi connectivity index (χ0n) is 29.6. The van der Waals surface area contributed by atoms with Crippen molar-refractivity contribution in [1.29, 1.82) is 0 Å². The molecule has 0 aliphatic rings. The summed E-state index contributed by atoms with van der Waals surface area (Å²) in [5, 5.41) is 8.01. The summed E-state index contributed by atoms with van der Waals surface area (Å²) in [6.07, 6.45) is 7.18. The van der Waals surface area contributed by atoms with Gasteiger partial charge in [-0.25, -0.2) is 9.59 Å². The summed E-state index contributed by atoms with van der Waals surface area (Å²) in [5.41, 5.74) is 0. The number of esters is 2. The van der Waals surface area contributed by atoms with Crippen LogP contribution in [-0.4, -0.2) is 140 Å². The predicted molar refractivity (Wildman–Crippen MR) is 178 cm³/mol. The maximum absolute atomic E-state index is 13.0. The van der Waals surface area contributed by atoms with Crippen LogP contribution in [0.5, 0.6) is 0 Å². The molecule has 0 aromatic carbocycles. The van der Waals surface area contributed by atoms with E-state index in [9.17, 15) is 24.0 Å². The fourth-order valence-electron chi connectivity index (χ4n) is 4.15. The third kappa shape index (κ3) is 24.8. The second-order valence-corrected chi connectivity index (χ2v) is 11.8. The first kappa shape index (κ1) is 44.7. The SMILES string of the molecule is C#CCOCCOCCOCCOCCNC(=O)CN(CC(=O)NC(CCC(C)C)C(=O)OC)CC(=O)N[C@H](CCC(C)C)C(=O)OC. The Bertz CT molecular complexity index is 924. The number of rotatable bonds is 29. The van der Waals surface area contributed by atoms with Gasteiger partial charge in [-0.2, -0.15) is 0 Å². The Morgan fingerprint density at radius 2 is 1.00 bits per heavy atom. The Morgan fingerprint density at radius 1 is 0.604 bits per heavy atom. The first-order valence-electron chi connectivity index (χ1n) is 16.4. The van der Waals surface area contributed by atoms with Gasteiger partial charge in [-0.15, -0.1) is 6.42 Å².